The van der Waals surface area contributed by atoms with Crippen molar-refractivity contribution in [3.8, 4) is 5.69 Å². The van der Waals surface area contributed by atoms with Gasteiger partial charge in [0.05, 0.1) is 5.69 Å². The molecular formula is C17H20BrFN2. The number of rotatable bonds is 1. The fourth-order valence-electron chi connectivity index (χ4n) is 3.45. The molecule has 4 heteroatoms. The Bertz CT molecular complexity index is 703. The lowest BCUT2D eigenvalue weighted by Gasteiger charge is -2.34. The summed E-state index contributed by atoms with van der Waals surface area (Å²) in [4.78, 5) is 0. The third-order valence-corrected chi connectivity index (χ3v) is 4.92. The molecule has 1 aromatic carbocycles. The van der Waals surface area contributed by atoms with Crippen LogP contribution in [-0.2, 0) is 6.42 Å². The zero-order valence-electron chi connectivity index (χ0n) is 12.6. The molecule has 0 aliphatic heterocycles. The molecule has 0 amide bonds. The Kier molecular flexibility index (Phi) is 3.49. The van der Waals surface area contributed by atoms with E-state index in [1.165, 1.54) is 23.4 Å². The first-order chi connectivity index (χ1) is 9.78. The molecule has 1 atom stereocenters. The van der Waals surface area contributed by atoms with Gasteiger partial charge in [-0.3, -0.25) is 0 Å². The lowest BCUT2D eigenvalue weighted by Crippen LogP contribution is -2.30. The van der Waals surface area contributed by atoms with Crippen molar-refractivity contribution in [1.82, 2.24) is 4.57 Å². The lowest BCUT2D eigenvalue weighted by molar-refractivity contribution is 0.278. The zero-order chi connectivity index (χ0) is 15.4. The summed E-state index contributed by atoms with van der Waals surface area (Å²) in [6.45, 7) is 6.58. The first-order valence-corrected chi connectivity index (χ1v) is 8.00. The Hall–Kier alpha value is -1.13. The monoisotopic (exact) mass is 350 g/mol. The molecule has 0 radical (unpaired) electrons. The summed E-state index contributed by atoms with van der Waals surface area (Å²) >= 11 is 3.48. The average Bonchev–Trinajstić information content (AvgIpc) is 2.65. The van der Waals surface area contributed by atoms with Gasteiger partial charge in [0.2, 0.25) is 0 Å². The summed E-state index contributed by atoms with van der Waals surface area (Å²) in [6.07, 6.45) is 1.97. The molecule has 0 saturated carbocycles. The molecule has 0 spiro atoms. The van der Waals surface area contributed by atoms with E-state index in [4.69, 9.17) is 5.73 Å². The van der Waals surface area contributed by atoms with Gasteiger partial charge in [0, 0.05) is 21.9 Å². The van der Waals surface area contributed by atoms with Gasteiger partial charge in [0.25, 0.3) is 0 Å². The van der Waals surface area contributed by atoms with Crippen LogP contribution in [0.1, 0.15) is 43.3 Å². The number of benzene rings is 1. The highest BCUT2D eigenvalue weighted by atomic mass is 79.9. The molecule has 0 bridgehead atoms. The fourth-order valence-corrected chi connectivity index (χ4v) is 3.97. The Morgan fingerprint density at radius 1 is 1.33 bits per heavy atom. The van der Waals surface area contributed by atoms with E-state index in [1.54, 1.807) is 0 Å². The summed E-state index contributed by atoms with van der Waals surface area (Å²) in [5, 5.41) is 0. The van der Waals surface area contributed by atoms with Gasteiger partial charge < -0.3 is 10.3 Å². The van der Waals surface area contributed by atoms with Gasteiger partial charge in [-0.05, 0) is 70.9 Å². The normalized spacial score (nSPS) is 20.4. The maximum absolute atomic E-state index is 13.4. The van der Waals surface area contributed by atoms with E-state index < -0.39 is 0 Å². The summed E-state index contributed by atoms with van der Waals surface area (Å²) in [5.41, 5.74) is 11.1. The van der Waals surface area contributed by atoms with Crippen LogP contribution in [0.4, 0.5) is 4.39 Å². The number of hydrogen-bond acceptors (Lipinski definition) is 1. The minimum atomic E-state index is -0.235. The molecule has 112 valence electrons. The second kappa shape index (κ2) is 4.96. The number of fused-ring (bicyclic) bond motifs is 1. The molecule has 1 aliphatic carbocycles. The van der Waals surface area contributed by atoms with Crippen molar-refractivity contribution in [3.63, 3.8) is 0 Å². The van der Waals surface area contributed by atoms with Crippen molar-refractivity contribution in [2.24, 2.45) is 11.1 Å². The Morgan fingerprint density at radius 3 is 2.71 bits per heavy atom. The van der Waals surface area contributed by atoms with Gasteiger partial charge >= 0.3 is 0 Å². The van der Waals surface area contributed by atoms with Gasteiger partial charge in [0.1, 0.15) is 5.82 Å². The molecule has 0 fully saturated rings. The number of hydrogen-bond donors (Lipinski definition) is 1. The molecule has 2 N–H and O–H groups in total. The predicted molar refractivity (Wildman–Crippen MR) is 87.2 cm³/mol. The Morgan fingerprint density at radius 2 is 2.05 bits per heavy atom. The smallest absolute Gasteiger partial charge is 0.124 e. The van der Waals surface area contributed by atoms with E-state index in [1.807, 2.05) is 6.07 Å². The lowest BCUT2D eigenvalue weighted by atomic mass is 9.74. The van der Waals surface area contributed by atoms with Crippen molar-refractivity contribution in [2.75, 3.05) is 0 Å². The van der Waals surface area contributed by atoms with Crippen LogP contribution in [0.3, 0.4) is 0 Å². The van der Waals surface area contributed by atoms with E-state index >= 15 is 0 Å². The third kappa shape index (κ3) is 2.55. The minimum Gasteiger partial charge on any atom is -0.324 e. The van der Waals surface area contributed by atoms with Crippen molar-refractivity contribution in [3.05, 3.63) is 51.5 Å². The SMILES string of the molecule is Cc1cc2c(n1-c1ccc(F)cc1Br)CC(C)(C)CC2N. The van der Waals surface area contributed by atoms with Gasteiger partial charge in [-0.2, -0.15) is 0 Å². The number of nitrogens with two attached hydrogens (primary N) is 1. The van der Waals surface area contributed by atoms with Crippen LogP contribution in [0.5, 0.6) is 0 Å². The molecule has 1 aromatic heterocycles. The molecule has 2 aromatic rings. The quantitative estimate of drug-likeness (QED) is 0.796. The highest BCUT2D eigenvalue weighted by Crippen LogP contribution is 2.42. The van der Waals surface area contributed by atoms with Crippen molar-refractivity contribution < 1.29 is 4.39 Å². The van der Waals surface area contributed by atoms with Crippen LogP contribution in [0.25, 0.3) is 5.69 Å². The maximum atomic E-state index is 13.4. The van der Waals surface area contributed by atoms with E-state index in [0.29, 0.717) is 0 Å². The molecule has 3 rings (SSSR count). The average molecular weight is 351 g/mol. The van der Waals surface area contributed by atoms with E-state index in [-0.39, 0.29) is 17.3 Å². The molecule has 0 saturated heterocycles. The summed E-state index contributed by atoms with van der Waals surface area (Å²) in [6, 6.07) is 7.07. The van der Waals surface area contributed by atoms with E-state index in [0.717, 1.165) is 28.7 Å². The van der Waals surface area contributed by atoms with Gasteiger partial charge in [0.15, 0.2) is 0 Å². The van der Waals surface area contributed by atoms with Gasteiger partial charge in [-0.1, -0.05) is 13.8 Å². The number of nitrogens with zero attached hydrogens (tertiary/aromatic N) is 1. The number of halogens is 2. The van der Waals surface area contributed by atoms with E-state index in [2.05, 4.69) is 47.3 Å². The number of aromatic nitrogens is 1. The van der Waals surface area contributed by atoms with Crippen LogP contribution < -0.4 is 5.73 Å². The maximum Gasteiger partial charge on any atom is 0.124 e. The molecule has 2 nitrogen and oxygen atoms in total. The molecule has 21 heavy (non-hydrogen) atoms. The van der Waals surface area contributed by atoms with Crippen LogP contribution in [-0.4, -0.2) is 4.57 Å². The summed E-state index contributed by atoms with van der Waals surface area (Å²) in [5.74, 6) is -0.235. The second-order valence-electron chi connectivity index (χ2n) is 6.77. The molecule has 1 aliphatic rings. The molecular weight excluding hydrogens is 331 g/mol. The number of aryl methyl sites for hydroxylation is 1. The zero-order valence-corrected chi connectivity index (χ0v) is 14.2. The second-order valence-corrected chi connectivity index (χ2v) is 7.62. The van der Waals surface area contributed by atoms with Crippen LogP contribution >= 0.6 is 15.9 Å². The first-order valence-electron chi connectivity index (χ1n) is 7.21. The van der Waals surface area contributed by atoms with Crippen LogP contribution in [0.15, 0.2) is 28.7 Å². The summed E-state index contributed by atoms with van der Waals surface area (Å²) in [7, 11) is 0. The van der Waals surface area contributed by atoms with Crippen LogP contribution in [0.2, 0.25) is 0 Å². The van der Waals surface area contributed by atoms with Crippen molar-refractivity contribution in [1.29, 1.82) is 0 Å². The predicted octanol–water partition coefficient (Wildman–Crippen LogP) is 4.66. The Labute approximate surface area is 133 Å². The van der Waals surface area contributed by atoms with Crippen molar-refractivity contribution in [2.45, 2.75) is 39.7 Å². The largest absolute Gasteiger partial charge is 0.324 e. The standard InChI is InChI=1S/C17H20BrFN2/c1-10-6-12-14(20)8-17(2,3)9-16(12)21(10)15-5-4-11(19)7-13(15)18/h4-7,14H,8-9,20H2,1-3H3. The molecule has 1 unspecified atom stereocenters. The fraction of sp³-hybridized carbons (Fsp3) is 0.412. The first kappa shape index (κ1) is 14.8. The van der Waals surface area contributed by atoms with Gasteiger partial charge in [-0.15, -0.1) is 0 Å². The summed E-state index contributed by atoms with van der Waals surface area (Å²) < 4.78 is 16.3. The molecule has 1 heterocycles. The topological polar surface area (TPSA) is 30.9 Å². The highest BCUT2D eigenvalue weighted by molar-refractivity contribution is 9.10. The Balaban J connectivity index is 2.21. The van der Waals surface area contributed by atoms with Gasteiger partial charge in [-0.25, -0.2) is 4.39 Å². The van der Waals surface area contributed by atoms with Crippen molar-refractivity contribution >= 4 is 15.9 Å². The third-order valence-electron chi connectivity index (χ3n) is 4.29. The highest BCUT2D eigenvalue weighted by Gasteiger charge is 2.33. The van der Waals surface area contributed by atoms with Crippen LogP contribution in [0, 0.1) is 18.2 Å². The minimum absolute atomic E-state index is 0.0722. The van der Waals surface area contributed by atoms with E-state index in [9.17, 15) is 4.39 Å².